The molecular weight excluding hydrogens is 286 g/mol. The molecule has 0 fully saturated rings. The number of ether oxygens (including phenoxy) is 2. The number of hydrogen-bond acceptors (Lipinski definition) is 5. The van der Waals surface area contributed by atoms with Gasteiger partial charge in [0.2, 0.25) is 5.88 Å². The molecular formula is C15H19N3O4. The standard InChI is InChI=1S/C15H19N3O4/c1-3-21-10-9-18-12-8-6-5-7-11(12)13(14(18)19)16-17-15(20)22-4-2/h5-8,19H,3-4,9-10H2,1-2H3. The lowest BCUT2D eigenvalue weighted by Crippen LogP contribution is -2.05. The smallest absolute Gasteiger partial charge is 0.452 e. The molecule has 1 aromatic carbocycles. The molecule has 7 heteroatoms. The first-order chi connectivity index (χ1) is 10.7. The highest BCUT2D eigenvalue weighted by molar-refractivity contribution is 5.95. The Bertz CT molecular complexity index is 679. The van der Waals surface area contributed by atoms with Crippen LogP contribution in [0.4, 0.5) is 10.5 Å². The molecule has 0 spiro atoms. The summed E-state index contributed by atoms with van der Waals surface area (Å²) in [6, 6.07) is 7.37. The summed E-state index contributed by atoms with van der Waals surface area (Å²) in [6.45, 7) is 5.37. The van der Waals surface area contributed by atoms with Gasteiger partial charge in [0.05, 0.1) is 18.7 Å². The molecule has 0 aliphatic rings. The maximum atomic E-state index is 11.3. The first-order valence-corrected chi connectivity index (χ1v) is 7.15. The van der Waals surface area contributed by atoms with E-state index in [-0.39, 0.29) is 18.2 Å². The molecule has 2 aromatic rings. The molecule has 1 amide bonds. The van der Waals surface area contributed by atoms with E-state index in [0.29, 0.717) is 25.1 Å². The molecule has 7 nitrogen and oxygen atoms in total. The van der Waals surface area contributed by atoms with Gasteiger partial charge in [-0.05, 0) is 19.9 Å². The molecule has 0 saturated heterocycles. The van der Waals surface area contributed by atoms with E-state index in [1.165, 1.54) is 0 Å². The van der Waals surface area contributed by atoms with Crippen molar-refractivity contribution >= 4 is 22.7 Å². The summed E-state index contributed by atoms with van der Waals surface area (Å²) in [5, 5.41) is 18.4. The Balaban J connectivity index is 2.37. The normalized spacial score (nSPS) is 11.4. The summed E-state index contributed by atoms with van der Waals surface area (Å²) in [5.41, 5.74) is 1.05. The van der Waals surface area contributed by atoms with Gasteiger partial charge in [0.1, 0.15) is 0 Å². The minimum atomic E-state index is -0.784. The van der Waals surface area contributed by atoms with Crippen molar-refractivity contribution < 1.29 is 19.4 Å². The highest BCUT2D eigenvalue weighted by Crippen LogP contribution is 2.38. The van der Waals surface area contributed by atoms with Gasteiger partial charge in [0.25, 0.3) is 0 Å². The number of aromatic nitrogens is 1. The van der Waals surface area contributed by atoms with Crippen molar-refractivity contribution in [1.29, 1.82) is 0 Å². The van der Waals surface area contributed by atoms with Gasteiger partial charge in [-0.15, -0.1) is 5.11 Å². The minimum Gasteiger partial charge on any atom is -0.493 e. The third-order valence-electron chi connectivity index (χ3n) is 3.08. The zero-order chi connectivity index (χ0) is 15.9. The molecule has 0 saturated carbocycles. The van der Waals surface area contributed by atoms with Crippen LogP contribution < -0.4 is 0 Å². The van der Waals surface area contributed by atoms with Gasteiger partial charge >= 0.3 is 6.09 Å². The lowest BCUT2D eigenvalue weighted by molar-refractivity contribution is 0.138. The SMILES string of the molecule is CCOCCn1c(O)c(N=NC(=O)OCC)c2ccccc21. The van der Waals surface area contributed by atoms with E-state index < -0.39 is 6.09 Å². The first-order valence-electron chi connectivity index (χ1n) is 7.15. The Morgan fingerprint density at radius 2 is 2.05 bits per heavy atom. The molecule has 0 aliphatic heterocycles. The number of para-hydroxylation sites is 1. The highest BCUT2D eigenvalue weighted by Gasteiger charge is 2.16. The lowest BCUT2D eigenvalue weighted by atomic mass is 10.2. The zero-order valence-electron chi connectivity index (χ0n) is 12.7. The number of hydrogen-bond donors (Lipinski definition) is 1. The van der Waals surface area contributed by atoms with Crippen molar-refractivity contribution in [2.45, 2.75) is 20.4 Å². The Morgan fingerprint density at radius 3 is 2.77 bits per heavy atom. The fraction of sp³-hybridized carbons (Fsp3) is 0.400. The second-order valence-electron chi connectivity index (χ2n) is 4.44. The predicted octanol–water partition coefficient (Wildman–Crippen LogP) is 3.62. The van der Waals surface area contributed by atoms with Crippen LogP contribution in [0.3, 0.4) is 0 Å². The third-order valence-corrected chi connectivity index (χ3v) is 3.08. The van der Waals surface area contributed by atoms with Crippen LogP contribution in [-0.4, -0.2) is 35.6 Å². The fourth-order valence-corrected chi connectivity index (χ4v) is 2.14. The van der Waals surface area contributed by atoms with Crippen molar-refractivity contribution in [2.75, 3.05) is 19.8 Å². The lowest BCUT2D eigenvalue weighted by Gasteiger charge is -2.06. The summed E-state index contributed by atoms with van der Waals surface area (Å²) < 4.78 is 11.7. The van der Waals surface area contributed by atoms with E-state index in [9.17, 15) is 9.90 Å². The van der Waals surface area contributed by atoms with Gasteiger partial charge in [-0.3, -0.25) is 0 Å². The van der Waals surface area contributed by atoms with Gasteiger partial charge in [0.15, 0.2) is 5.69 Å². The molecule has 0 aliphatic carbocycles. The van der Waals surface area contributed by atoms with E-state index in [4.69, 9.17) is 9.47 Å². The van der Waals surface area contributed by atoms with Gasteiger partial charge in [0, 0.05) is 18.5 Å². The van der Waals surface area contributed by atoms with Crippen molar-refractivity contribution in [2.24, 2.45) is 10.2 Å². The van der Waals surface area contributed by atoms with Crippen molar-refractivity contribution in [3.8, 4) is 5.88 Å². The monoisotopic (exact) mass is 305 g/mol. The third kappa shape index (κ3) is 3.43. The second kappa shape index (κ2) is 7.56. The van der Waals surface area contributed by atoms with Crippen LogP contribution in [0.1, 0.15) is 13.8 Å². The molecule has 0 radical (unpaired) electrons. The van der Waals surface area contributed by atoms with Crippen LogP contribution in [0.15, 0.2) is 34.5 Å². The number of rotatable bonds is 6. The second-order valence-corrected chi connectivity index (χ2v) is 4.44. The van der Waals surface area contributed by atoms with Crippen molar-refractivity contribution in [3.63, 3.8) is 0 Å². The Labute approximate surface area is 128 Å². The van der Waals surface area contributed by atoms with Crippen molar-refractivity contribution in [3.05, 3.63) is 24.3 Å². The highest BCUT2D eigenvalue weighted by atomic mass is 16.5. The molecule has 1 heterocycles. The molecule has 0 atom stereocenters. The van der Waals surface area contributed by atoms with Crippen LogP contribution in [0.2, 0.25) is 0 Å². The zero-order valence-corrected chi connectivity index (χ0v) is 12.7. The Morgan fingerprint density at radius 1 is 1.27 bits per heavy atom. The molecule has 1 aromatic heterocycles. The number of benzene rings is 1. The van der Waals surface area contributed by atoms with Crippen LogP contribution in [0.5, 0.6) is 5.88 Å². The van der Waals surface area contributed by atoms with Crippen molar-refractivity contribution in [1.82, 2.24) is 4.57 Å². The van der Waals surface area contributed by atoms with Crippen LogP contribution in [-0.2, 0) is 16.0 Å². The molecule has 1 N–H and O–H groups in total. The molecule has 2 rings (SSSR count). The van der Waals surface area contributed by atoms with Gasteiger partial charge in [-0.1, -0.05) is 23.3 Å². The van der Waals surface area contributed by atoms with Crippen LogP contribution in [0, 0.1) is 0 Å². The number of fused-ring (bicyclic) bond motifs is 1. The average molecular weight is 305 g/mol. The number of carbonyl (C=O) groups excluding carboxylic acids is 1. The molecule has 0 bridgehead atoms. The maximum absolute atomic E-state index is 11.3. The largest absolute Gasteiger partial charge is 0.493 e. The quantitative estimate of drug-likeness (QED) is 0.652. The van der Waals surface area contributed by atoms with Crippen LogP contribution in [0.25, 0.3) is 10.9 Å². The maximum Gasteiger partial charge on any atom is 0.452 e. The van der Waals surface area contributed by atoms with E-state index in [1.807, 2.05) is 31.2 Å². The summed E-state index contributed by atoms with van der Waals surface area (Å²) in [7, 11) is 0. The summed E-state index contributed by atoms with van der Waals surface area (Å²) >= 11 is 0. The number of amides is 1. The topological polar surface area (TPSA) is 85.4 Å². The molecule has 0 unspecified atom stereocenters. The fourth-order valence-electron chi connectivity index (χ4n) is 2.14. The minimum absolute atomic E-state index is 0.0473. The van der Waals surface area contributed by atoms with Gasteiger partial charge in [-0.25, -0.2) is 4.79 Å². The molecule has 22 heavy (non-hydrogen) atoms. The number of azo groups is 1. The summed E-state index contributed by atoms with van der Waals surface area (Å²) in [5.74, 6) is -0.0473. The Hall–Kier alpha value is -2.41. The average Bonchev–Trinajstić information content (AvgIpc) is 2.78. The molecule has 118 valence electrons. The first kappa shape index (κ1) is 16.0. The number of nitrogens with zero attached hydrogens (tertiary/aromatic N) is 3. The number of carbonyl (C=O) groups is 1. The van der Waals surface area contributed by atoms with Gasteiger partial charge in [-0.2, -0.15) is 0 Å². The summed E-state index contributed by atoms with van der Waals surface area (Å²) in [4.78, 5) is 11.3. The summed E-state index contributed by atoms with van der Waals surface area (Å²) in [6.07, 6.45) is -0.784. The van der Waals surface area contributed by atoms with E-state index >= 15 is 0 Å². The van der Waals surface area contributed by atoms with E-state index in [2.05, 4.69) is 10.2 Å². The van der Waals surface area contributed by atoms with E-state index in [1.54, 1.807) is 11.5 Å². The van der Waals surface area contributed by atoms with Gasteiger partial charge < -0.3 is 19.1 Å². The predicted molar refractivity (Wildman–Crippen MR) is 81.6 cm³/mol. The van der Waals surface area contributed by atoms with E-state index in [0.717, 1.165) is 5.52 Å². The number of aromatic hydroxyl groups is 1. The van der Waals surface area contributed by atoms with Crippen LogP contribution >= 0.6 is 0 Å². The Kier molecular flexibility index (Phi) is 5.48.